The van der Waals surface area contributed by atoms with Crippen LogP contribution in [-0.4, -0.2) is 45.1 Å². The second-order valence-electron chi connectivity index (χ2n) is 5.20. The van der Waals surface area contributed by atoms with E-state index in [1.165, 1.54) is 0 Å². The van der Waals surface area contributed by atoms with Gasteiger partial charge in [-0.2, -0.15) is 13.2 Å². The fourth-order valence-electron chi connectivity index (χ4n) is 2.39. The molecule has 8 heteroatoms. The van der Waals surface area contributed by atoms with E-state index in [-0.39, 0.29) is 31.1 Å². The summed E-state index contributed by atoms with van der Waals surface area (Å²) >= 11 is 0. The van der Waals surface area contributed by atoms with Crippen molar-refractivity contribution < 1.29 is 31.1 Å². The minimum absolute atomic E-state index is 0.1000. The summed E-state index contributed by atoms with van der Waals surface area (Å²) in [7, 11) is -3.17. The molecule has 0 aliphatic heterocycles. The van der Waals surface area contributed by atoms with Crippen LogP contribution in [0.25, 0.3) is 0 Å². The van der Waals surface area contributed by atoms with Crippen LogP contribution in [0.5, 0.6) is 0 Å². The SMILES string of the molecule is CS(=O)(=O)C1CCCC(C(=O)CCOCC(F)(F)F)C1. The average Bonchev–Trinajstić information content (AvgIpc) is 2.32. The van der Waals surface area contributed by atoms with E-state index in [0.717, 1.165) is 6.26 Å². The highest BCUT2D eigenvalue weighted by atomic mass is 32.2. The zero-order chi connectivity index (χ0) is 15.4. The number of hydrogen-bond donors (Lipinski definition) is 0. The first kappa shape index (κ1) is 17.4. The Hall–Kier alpha value is -0.630. The van der Waals surface area contributed by atoms with Crippen molar-refractivity contribution in [2.75, 3.05) is 19.5 Å². The highest BCUT2D eigenvalue weighted by Crippen LogP contribution is 2.29. The Balaban J connectivity index is 2.36. The average molecular weight is 316 g/mol. The van der Waals surface area contributed by atoms with Gasteiger partial charge in [0.1, 0.15) is 22.2 Å². The molecule has 118 valence electrons. The number of carbonyl (C=O) groups excluding carboxylic acids is 1. The van der Waals surface area contributed by atoms with Gasteiger partial charge in [-0.25, -0.2) is 8.42 Å². The van der Waals surface area contributed by atoms with E-state index >= 15 is 0 Å². The Morgan fingerprint density at radius 3 is 2.50 bits per heavy atom. The largest absolute Gasteiger partial charge is 0.411 e. The van der Waals surface area contributed by atoms with Crippen LogP contribution < -0.4 is 0 Å². The number of rotatable bonds is 6. The van der Waals surface area contributed by atoms with Gasteiger partial charge in [0.2, 0.25) is 0 Å². The molecule has 1 saturated carbocycles. The van der Waals surface area contributed by atoms with Crippen LogP contribution in [0, 0.1) is 5.92 Å². The molecule has 0 radical (unpaired) electrons. The zero-order valence-corrected chi connectivity index (χ0v) is 12.1. The van der Waals surface area contributed by atoms with Gasteiger partial charge in [-0.1, -0.05) is 6.42 Å². The number of ketones is 1. The maximum absolute atomic E-state index is 11.8. The molecule has 0 spiro atoms. The van der Waals surface area contributed by atoms with Gasteiger partial charge in [-0.15, -0.1) is 0 Å². The Morgan fingerprint density at radius 1 is 1.30 bits per heavy atom. The molecule has 1 aliphatic rings. The van der Waals surface area contributed by atoms with E-state index in [1.807, 2.05) is 0 Å². The van der Waals surface area contributed by atoms with E-state index < -0.39 is 27.9 Å². The van der Waals surface area contributed by atoms with Gasteiger partial charge in [0.05, 0.1) is 11.9 Å². The van der Waals surface area contributed by atoms with Crippen molar-refractivity contribution in [3.05, 3.63) is 0 Å². The molecule has 0 heterocycles. The van der Waals surface area contributed by atoms with Gasteiger partial charge >= 0.3 is 6.18 Å². The van der Waals surface area contributed by atoms with Gasteiger partial charge < -0.3 is 4.74 Å². The summed E-state index contributed by atoms with van der Waals surface area (Å²) < 4.78 is 62.8. The molecule has 2 unspecified atom stereocenters. The fraction of sp³-hybridized carbons (Fsp3) is 0.917. The van der Waals surface area contributed by atoms with Crippen LogP contribution >= 0.6 is 0 Å². The van der Waals surface area contributed by atoms with Gasteiger partial charge in [0.25, 0.3) is 0 Å². The number of carbonyl (C=O) groups is 1. The van der Waals surface area contributed by atoms with Crippen molar-refractivity contribution in [1.29, 1.82) is 0 Å². The van der Waals surface area contributed by atoms with Crippen LogP contribution in [0.2, 0.25) is 0 Å². The van der Waals surface area contributed by atoms with Crippen molar-refractivity contribution in [2.24, 2.45) is 5.92 Å². The van der Waals surface area contributed by atoms with Crippen molar-refractivity contribution in [3.63, 3.8) is 0 Å². The first-order valence-electron chi connectivity index (χ1n) is 6.45. The standard InChI is InChI=1S/C12H19F3O4S/c1-20(17,18)10-4-2-3-9(7-10)11(16)5-6-19-8-12(13,14)15/h9-10H,2-8H2,1H3. The maximum Gasteiger partial charge on any atom is 0.411 e. The molecule has 0 aromatic rings. The van der Waals surface area contributed by atoms with E-state index in [9.17, 15) is 26.4 Å². The molecule has 0 amide bonds. The van der Waals surface area contributed by atoms with Gasteiger partial charge in [0, 0.05) is 18.6 Å². The molecule has 0 bridgehead atoms. The zero-order valence-electron chi connectivity index (χ0n) is 11.3. The van der Waals surface area contributed by atoms with Crippen molar-refractivity contribution >= 4 is 15.6 Å². The summed E-state index contributed by atoms with van der Waals surface area (Å²) in [6, 6.07) is 0. The summed E-state index contributed by atoms with van der Waals surface area (Å²) in [6.45, 7) is -1.64. The number of alkyl halides is 3. The second kappa shape index (κ2) is 6.89. The summed E-state index contributed by atoms with van der Waals surface area (Å²) in [5.74, 6) is -0.585. The fourth-order valence-corrected chi connectivity index (χ4v) is 3.57. The van der Waals surface area contributed by atoms with Crippen molar-refractivity contribution in [3.8, 4) is 0 Å². The molecular weight excluding hydrogens is 297 g/mol. The monoisotopic (exact) mass is 316 g/mol. The van der Waals surface area contributed by atoms with E-state index in [1.54, 1.807) is 0 Å². The second-order valence-corrected chi connectivity index (χ2v) is 7.52. The summed E-state index contributed by atoms with van der Waals surface area (Å²) in [5.41, 5.74) is 0. The predicted octanol–water partition coefficient (Wildman–Crippen LogP) is 2.13. The van der Waals surface area contributed by atoms with E-state index in [4.69, 9.17) is 0 Å². The maximum atomic E-state index is 11.8. The molecule has 2 atom stereocenters. The molecule has 1 aliphatic carbocycles. The normalized spacial score (nSPS) is 24.6. The predicted molar refractivity (Wildman–Crippen MR) is 67.1 cm³/mol. The van der Waals surface area contributed by atoms with Gasteiger partial charge in [-0.3, -0.25) is 4.79 Å². The molecule has 0 aromatic heterocycles. The van der Waals surface area contributed by atoms with Crippen molar-refractivity contribution in [1.82, 2.24) is 0 Å². The topological polar surface area (TPSA) is 60.4 Å². The lowest BCUT2D eigenvalue weighted by Crippen LogP contribution is -2.31. The number of ether oxygens (including phenoxy) is 1. The quantitative estimate of drug-likeness (QED) is 0.704. The highest BCUT2D eigenvalue weighted by Gasteiger charge is 2.32. The molecule has 4 nitrogen and oxygen atoms in total. The van der Waals surface area contributed by atoms with Crippen LogP contribution in [0.15, 0.2) is 0 Å². The lowest BCUT2D eigenvalue weighted by molar-refractivity contribution is -0.174. The summed E-state index contributed by atoms with van der Waals surface area (Å²) in [4.78, 5) is 11.8. The van der Waals surface area contributed by atoms with Gasteiger partial charge in [-0.05, 0) is 19.3 Å². The molecule has 20 heavy (non-hydrogen) atoms. The lowest BCUT2D eigenvalue weighted by atomic mass is 9.85. The Kier molecular flexibility index (Phi) is 6.00. The molecule has 0 N–H and O–H groups in total. The molecule has 0 aromatic carbocycles. The van der Waals surface area contributed by atoms with E-state index in [0.29, 0.717) is 19.3 Å². The first-order chi connectivity index (χ1) is 9.09. The highest BCUT2D eigenvalue weighted by molar-refractivity contribution is 7.91. The Bertz CT molecular complexity index is 430. The molecule has 1 rings (SSSR count). The summed E-state index contributed by atoms with van der Waals surface area (Å²) in [6.07, 6.45) is -1.27. The van der Waals surface area contributed by atoms with Crippen molar-refractivity contribution in [2.45, 2.75) is 43.5 Å². The number of sulfone groups is 1. The minimum atomic E-state index is -4.39. The third-order valence-electron chi connectivity index (χ3n) is 3.45. The first-order valence-corrected chi connectivity index (χ1v) is 8.41. The van der Waals surface area contributed by atoms with Gasteiger partial charge in [0.15, 0.2) is 0 Å². The lowest BCUT2D eigenvalue weighted by Gasteiger charge is -2.27. The molecule has 1 fully saturated rings. The molecular formula is C12H19F3O4S. The Morgan fingerprint density at radius 2 is 1.95 bits per heavy atom. The van der Waals surface area contributed by atoms with E-state index in [2.05, 4.69) is 4.74 Å². The van der Waals surface area contributed by atoms with Crippen LogP contribution in [0.4, 0.5) is 13.2 Å². The minimum Gasteiger partial charge on any atom is -0.372 e. The van der Waals surface area contributed by atoms with Crippen LogP contribution in [-0.2, 0) is 19.4 Å². The number of Topliss-reactive ketones (excluding diaryl/α,β-unsaturated/α-hetero) is 1. The molecule has 0 saturated heterocycles. The number of hydrogen-bond acceptors (Lipinski definition) is 4. The van der Waals surface area contributed by atoms with Crippen LogP contribution in [0.1, 0.15) is 32.1 Å². The number of halogens is 3. The smallest absolute Gasteiger partial charge is 0.372 e. The third kappa shape index (κ3) is 6.21. The summed E-state index contributed by atoms with van der Waals surface area (Å²) in [5, 5.41) is -0.513. The Labute approximate surface area is 116 Å². The van der Waals surface area contributed by atoms with Crippen LogP contribution in [0.3, 0.4) is 0 Å². The third-order valence-corrected chi connectivity index (χ3v) is 5.08.